The largest absolute Gasteiger partial charge is 0.508 e. The van der Waals surface area contributed by atoms with Gasteiger partial charge in [0.05, 0.1) is 10.0 Å². The van der Waals surface area contributed by atoms with E-state index < -0.39 is 0 Å². The molecule has 2 aromatic carbocycles. The van der Waals surface area contributed by atoms with Crippen LogP contribution in [0.1, 0.15) is 5.56 Å². The molecule has 0 aliphatic carbocycles. The molecule has 2 aromatic rings. The van der Waals surface area contributed by atoms with Gasteiger partial charge in [-0.1, -0.05) is 29.3 Å². The zero-order chi connectivity index (χ0) is 15.1. The Kier molecular flexibility index (Phi) is 6.15. The van der Waals surface area contributed by atoms with Crippen LogP contribution in [0.2, 0.25) is 10.0 Å². The highest BCUT2D eigenvalue weighted by atomic mass is 35.5. The number of aromatic hydroxyl groups is 1. The van der Waals surface area contributed by atoms with Crippen LogP contribution in [0.4, 0.5) is 11.4 Å². The van der Waals surface area contributed by atoms with Crippen LogP contribution in [-0.2, 0) is 4.79 Å². The fourth-order valence-electron chi connectivity index (χ4n) is 1.43. The van der Waals surface area contributed by atoms with Gasteiger partial charge >= 0.3 is 0 Å². The van der Waals surface area contributed by atoms with Crippen LogP contribution >= 0.6 is 23.2 Å². The van der Waals surface area contributed by atoms with Gasteiger partial charge in [0.25, 0.3) is 0 Å². The topological polar surface area (TPSA) is 75.3 Å². The van der Waals surface area contributed by atoms with Crippen molar-refractivity contribution in [2.24, 2.45) is 5.73 Å². The number of carbonyl (C=O) groups is 1. The van der Waals surface area contributed by atoms with Crippen molar-refractivity contribution in [1.29, 1.82) is 0 Å². The first-order valence-electron chi connectivity index (χ1n) is 5.65. The van der Waals surface area contributed by atoms with Crippen molar-refractivity contribution in [3.63, 3.8) is 0 Å². The summed E-state index contributed by atoms with van der Waals surface area (Å²) in [6, 6.07) is 10.7. The predicted molar refractivity (Wildman–Crippen MR) is 82.8 cm³/mol. The summed E-state index contributed by atoms with van der Waals surface area (Å²) in [6.07, 6.45) is 0.250. The number of amides is 1. The first-order chi connectivity index (χ1) is 9.47. The Bertz CT molecular complexity index is 554. The minimum Gasteiger partial charge on any atom is -0.508 e. The Morgan fingerprint density at radius 2 is 1.65 bits per heavy atom. The van der Waals surface area contributed by atoms with E-state index in [4.69, 9.17) is 28.0 Å². The Morgan fingerprint density at radius 1 is 1.10 bits per heavy atom. The van der Waals surface area contributed by atoms with Crippen LogP contribution in [0.15, 0.2) is 36.4 Å². The van der Waals surface area contributed by atoms with Gasteiger partial charge < -0.3 is 16.2 Å². The van der Waals surface area contributed by atoms with Crippen molar-refractivity contribution < 1.29 is 9.90 Å². The third kappa shape index (κ3) is 4.64. The SMILES string of the molecule is Cc1ccc(Nc2ccc(Cl)c(Cl)c2)cc1O.NC=O. The zero-order valence-electron chi connectivity index (χ0n) is 10.7. The predicted octanol–water partition coefficient (Wildman–Crippen LogP) is 3.85. The number of primary amides is 1. The molecule has 4 nitrogen and oxygen atoms in total. The molecule has 0 aliphatic heterocycles. The number of nitrogens with two attached hydrogens (primary N) is 1. The normalized spacial score (nSPS) is 9.35. The lowest BCUT2D eigenvalue weighted by Gasteiger charge is -2.08. The Morgan fingerprint density at radius 3 is 2.20 bits per heavy atom. The molecule has 2 rings (SSSR count). The summed E-state index contributed by atoms with van der Waals surface area (Å²) < 4.78 is 0. The molecular weight excluding hydrogens is 299 g/mol. The van der Waals surface area contributed by atoms with Gasteiger partial charge in [-0.15, -0.1) is 0 Å². The highest BCUT2D eigenvalue weighted by Gasteiger charge is 2.01. The van der Waals surface area contributed by atoms with E-state index in [2.05, 4.69) is 11.1 Å². The van der Waals surface area contributed by atoms with Crippen LogP contribution in [-0.4, -0.2) is 11.5 Å². The molecule has 0 saturated heterocycles. The summed E-state index contributed by atoms with van der Waals surface area (Å²) in [5, 5.41) is 13.7. The quantitative estimate of drug-likeness (QED) is 0.737. The number of hydrogen-bond acceptors (Lipinski definition) is 3. The summed E-state index contributed by atoms with van der Waals surface area (Å²) in [4.78, 5) is 8.58. The molecular formula is C14H14Cl2N2O2. The Hall–Kier alpha value is -1.91. The molecule has 6 heteroatoms. The number of benzene rings is 2. The maximum Gasteiger partial charge on any atom is 0.204 e. The summed E-state index contributed by atoms with van der Waals surface area (Å²) in [5.41, 5.74) is 6.62. The van der Waals surface area contributed by atoms with Gasteiger partial charge in [-0.05, 0) is 36.8 Å². The Balaban J connectivity index is 0.000000612. The van der Waals surface area contributed by atoms with E-state index >= 15 is 0 Å². The molecule has 0 radical (unpaired) electrons. The van der Waals surface area contributed by atoms with Crippen LogP contribution in [0.3, 0.4) is 0 Å². The summed E-state index contributed by atoms with van der Waals surface area (Å²) in [6.45, 7) is 1.85. The smallest absolute Gasteiger partial charge is 0.204 e. The van der Waals surface area contributed by atoms with Crippen molar-refractivity contribution in [1.82, 2.24) is 0 Å². The summed E-state index contributed by atoms with van der Waals surface area (Å²) in [5.74, 6) is 0.259. The molecule has 0 aliphatic rings. The molecule has 0 heterocycles. The highest BCUT2D eigenvalue weighted by molar-refractivity contribution is 6.42. The third-order valence-corrected chi connectivity index (χ3v) is 3.16. The number of nitrogens with one attached hydrogen (secondary N) is 1. The van der Waals surface area contributed by atoms with E-state index in [1.54, 1.807) is 18.2 Å². The number of anilines is 2. The van der Waals surface area contributed by atoms with E-state index in [0.29, 0.717) is 10.0 Å². The van der Waals surface area contributed by atoms with Crippen molar-refractivity contribution in [3.05, 3.63) is 52.0 Å². The van der Waals surface area contributed by atoms with Gasteiger partial charge in [-0.2, -0.15) is 0 Å². The molecule has 0 atom stereocenters. The first kappa shape index (κ1) is 16.1. The third-order valence-electron chi connectivity index (χ3n) is 2.42. The molecule has 1 amide bonds. The number of carbonyl (C=O) groups excluding carboxylic acids is 1. The minimum absolute atomic E-state index is 0.250. The lowest BCUT2D eigenvalue weighted by Crippen LogP contribution is -1.90. The van der Waals surface area contributed by atoms with Gasteiger partial charge in [0.2, 0.25) is 6.41 Å². The van der Waals surface area contributed by atoms with Crippen LogP contribution in [0.25, 0.3) is 0 Å². The van der Waals surface area contributed by atoms with Crippen molar-refractivity contribution >= 4 is 41.0 Å². The van der Waals surface area contributed by atoms with Crippen molar-refractivity contribution in [2.75, 3.05) is 5.32 Å². The number of phenolic OH excluding ortho intramolecular Hbond substituents is 1. The number of hydrogen-bond donors (Lipinski definition) is 3. The van der Waals surface area contributed by atoms with Crippen molar-refractivity contribution in [2.45, 2.75) is 6.92 Å². The molecule has 4 N–H and O–H groups in total. The van der Waals surface area contributed by atoms with Crippen LogP contribution in [0, 0.1) is 6.92 Å². The van der Waals surface area contributed by atoms with E-state index in [1.165, 1.54) is 0 Å². The average Bonchev–Trinajstić information content (AvgIpc) is 2.39. The fraction of sp³-hybridized carbons (Fsp3) is 0.0714. The molecule has 106 valence electrons. The van der Waals surface area contributed by atoms with Gasteiger partial charge in [0.15, 0.2) is 0 Å². The van der Waals surface area contributed by atoms with E-state index in [1.807, 2.05) is 25.1 Å². The lowest BCUT2D eigenvalue weighted by atomic mass is 10.2. The second-order valence-corrected chi connectivity index (χ2v) is 4.71. The highest BCUT2D eigenvalue weighted by Crippen LogP contribution is 2.28. The molecule has 0 bridgehead atoms. The van der Waals surface area contributed by atoms with Crippen molar-refractivity contribution in [3.8, 4) is 5.75 Å². The fourth-order valence-corrected chi connectivity index (χ4v) is 1.73. The number of aryl methyl sites for hydroxylation is 1. The molecule has 0 unspecified atom stereocenters. The summed E-state index contributed by atoms with van der Waals surface area (Å²) >= 11 is 11.7. The first-order valence-corrected chi connectivity index (χ1v) is 6.40. The number of halogens is 2. The standard InChI is InChI=1S/C13H11Cl2NO.CH3NO/c1-8-2-3-10(7-13(8)17)16-9-4-5-11(14)12(15)6-9;2-1-3/h2-7,16-17H,1H3;1H,(H2,2,3). The minimum atomic E-state index is 0.250. The van der Waals surface area contributed by atoms with E-state index in [0.717, 1.165) is 16.9 Å². The van der Waals surface area contributed by atoms with Crippen LogP contribution in [0.5, 0.6) is 5.75 Å². The molecule has 0 fully saturated rings. The average molecular weight is 313 g/mol. The maximum absolute atomic E-state index is 9.59. The Labute approximate surface area is 127 Å². The molecule has 0 aromatic heterocycles. The number of phenols is 1. The zero-order valence-corrected chi connectivity index (χ0v) is 12.2. The number of rotatable bonds is 2. The molecule has 20 heavy (non-hydrogen) atoms. The van der Waals surface area contributed by atoms with Crippen LogP contribution < -0.4 is 11.1 Å². The van der Waals surface area contributed by atoms with Gasteiger partial charge in [-0.25, -0.2) is 0 Å². The summed E-state index contributed by atoms with van der Waals surface area (Å²) in [7, 11) is 0. The van der Waals surface area contributed by atoms with Gasteiger partial charge in [0.1, 0.15) is 5.75 Å². The maximum atomic E-state index is 9.59. The molecule has 0 spiro atoms. The van der Waals surface area contributed by atoms with E-state index in [-0.39, 0.29) is 12.2 Å². The second-order valence-electron chi connectivity index (χ2n) is 3.89. The van der Waals surface area contributed by atoms with Gasteiger partial charge in [0, 0.05) is 17.4 Å². The van der Waals surface area contributed by atoms with Gasteiger partial charge in [-0.3, -0.25) is 4.79 Å². The second kappa shape index (κ2) is 7.62. The van der Waals surface area contributed by atoms with E-state index in [9.17, 15) is 5.11 Å². The lowest BCUT2D eigenvalue weighted by molar-refractivity contribution is -0.106. The molecule has 0 saturated carbocycles. The monoisotopic (exact) mass is 312 g/mol.